The second-order valence-electron chi connectivity index (χ2n) is 6.99. The molecule has 0 aliphatic heterocycles. The van der Waals surface area contributed by atoms with Gasteiger partial charge in [-0.2, -0.15) is 0 Å². The van der Waals surface area contributed by atoms with E-state index < -0.39 is 0 Å². The Hall–Kier alpha value is -1.59. The van der Waals surface area contributed by atoms with Crippen LogP contribution in [-0.4, -0.2) is 37.4 Å². The van der Waals surface area contributed by atoms with Crippen LogP contribution >= 0.6 is 0 Å². The maximum Gasteiger partial charge on any atom is 0.191 e. The van der Waals surface area contributed by atoms with Crippen molar-refractivity contribution in [2.45, 2.75) is 53.7 Å². The van der Waals surface area contributed by atoms with Crippen molar-refractivity contribution in [1.29, 1.82) is 0 Å². The normalized spacial score (nSPS) is 13.1. The van der Waals surface area contributed by atoms with E-state index in [1.165, 1.54) is 11.1 Å². The minimum atomic E-state index is 0.234. The summed E-state index contributed by atoms with van der Waals surface area (Å²) < 4.78 is 5.55. The Bertz CT molecular complexity index is 518. The van der Waals surface area contributed by atoms with Crippen molar-refractivity contribution in [3.8, 4) is 0 Å². The number of nitrogens with zero attached hydrogens (tertiary/aromatic N) is 1. The smallest absolute Gasteiger partial charge is 0.191 e. The molecule has 0 heterocycles. The van der Waals surface area contributed by atoms with Crippen molar-refractivity contribution in [3.05, 3.63) is 35.4 Å². The summed E-state index contributed by atoms with van der Waals surface area (Å²) in [6.07, 6.45) is 1.92. The molecule has 1 aromatic carbocycles. The van der Waals surface area contributed by atoms with Gasteiger partial charge >= 0.3 is 0 Å². The fraction of sp³-hybridized carbons (Fsp3) is 0.667. The van der Waals surface area contributed by atoms with Crippen LogP contribution < -0.4 is 10.6 Å². The second-order valence-corrected chi connectivity index (χ2v) is 6.99. The zero-order chi connectivity index (χ0) is 19.2. The van der Waals surface area contributed by atoms with Crippen molar-refractivity contribution in [2.24, 2.45) is 16.8 Å². The molecule has 3 N–H and O–H groups in total. The summed E-state index contributed by atoms with van der Waals surface area (Å²) in [5.74, 6) is 1.90. The molecule has 0 saturated heterocycles. The van der Waals surface area contributed by atoms with E-state index in [0.29, 0.717) is 31.6 Å². The lowest BCUT2D eigenvalue weighted by Crippen LogP contribution is -2.40. The van der Waals surface area contributed by atoms with E-state index in [9.17, 15) is 5.11 Å². The third-order valence-electron chi connectivity index (χ3n) is 4.23. The van der Waals surface area contributed by atoms with Crippen LogP contribution in [0.4, 0.5) is 0 Å². The van der Waals surface area contributed by atoms with Crippen LogP contribution in [0.5, 0.6) is 0 Å². The number of nitrogens with one attached hydrogen (secondary N) is 2. The van der Waals surface area contributed by atoms with E-state index in [1.807, 2.05) is 19.1 Å². The minimum absolute atomic E-state index is 0.234. The first-order valence-corrected chi connectivity index (χ1v) is 9.88. The molecule has 1 unspecified atom stereocenters. The number of aliphatic hydroxyl groups is 1. The van der Waals surface area contributed by atoms with Crippen LogP contribution in [0.3, 0.4) is 0 Å². The standard InChI is InChI=1S/C21H37N3O2/c1-5-22-21(23-14-18(11-12-25)13-17(3)4)24-15-19-9-7-8-10-20(19)16-26-6-2/h7-10,17-18,25H,5-6,11-16H2,1-4H3,(H2,22,23,24). The van der Waals surface area contributed by atoms with E-state index in [4.69, 9.17) is 9.73 Å². The lowest BCUT2D eigenvalue weighted by Gasteiger charge is -2.20. The predicted molar refractivity (Wildman–Crippen MR) is 109 cm³/mol. The fourth-order valence-corrected chi connectivity index (χ4v) is 2.96. The quantitative estimate of drug-likeness (QED) is 0.394. The summed E-state index contributed by atoms with van der Waals surface area (Å²) >= 11 is 0. The molecule has 1 rings (SSSR count). The van der Waals surface area contributed by atoms with E-state index in [1.54, 1.807) is 0 Å². The zero-order valence-electron chi connectivity index (χ0n) is 16.9. The van der Waals surface area contributed by atoms with Gasteiger partial charge in [0.2, 0.25) is 0 Å². The molecular weight excluding hydrogens is 326 g/mol. The summed E-state index contributed by atoms with van der Waals surface area (Å²) in [6, 6.07) is 8.28. The number of hydrogen-bond acceptors (Lipinski definition) is 3. The highest BCUT2D eigenvalue weighted by Crippen LogP contribution is 2.14. The SMILES string of the molecule is CCNC(=NCc1ccccc1COCC)NCC(CCO)CC(C)C. The number of aliphatic imine (C=N–C) groups is 1. The maximum absolute atomic E-state index is 9.29. The molecule has 0 bridgehead atoms. The highest BCUT2D eigenvalue weighted by atomic mass is 16.5. The van der Waals surface area contributed by atoms with Gasteiger partial charge in [0.15, 0.2) is 5.96 Å². The number of ether oxygens (including phenoxy) is 1. The molecule has 5 nitrogen and oxygen atoms in total. The molecule has 5 heteroatoms. The number of guanidine groups is 1. The Labute approximate surface area is 159 Å². The summed E-state index contributed by atoms with van der Waals surface area (Å²) in [5.41, 5.74) is 2.37. The lowest BCUT2D eigenvalue weighted by molar-refractivity contribution is 0.133. The average Bonchev–Trinajstić information content (AvgIpc) is 2.62. The lowest BCUT2D eigenvalue weighted by atomic mass is 9.94. The Morgan fingerprint density at radius 1 is 1.15 bits per heavy atom. The van der Waals surface area contributed by atoms with Crippen molar-refractivity contribution in [2.75, 3.05) is 26.3 Å². The van der Waals surface area contributed by atoms with Crippen molar-refractivity contribution >= 4 is 5.96 Å². The van der Waals surface area contributed by atoms with E-state index in [2.05, 4.69) is 43.5 Å². The summed E-state index contributed by atoms with van der Waals surface area (Å²) in [5, 5.41) is 16.0. The number of benzene rings is 1. The molecule has 0 fully saturated rings. The topological polar surface area (TPSA) is 65.9 Å². The second kappa shape index (κ2) is 13.6. The van der Waals surface area contributed by atoms with Gasteiger partial charge in [0, 0.05) is 26.3 Å². The van der Waals surface area contributed by atoms with Gasteiger partial charge < -0.3 is 20.5 Å². The van der Waals surface area contributed by atoms with Gasteiger partial charge in [0.25, 0.3) is 0 Å². The van der Waals surface area contributed by atoms with Crippen LogP contribution in [0.1, 0.15) is 51.7 Å². The number of aliphatic hydroxyl groups excluding tert-OH is 1. The predicted octanol–water partition coefficient (Wildman–Crippen LogP) is 3.32. The minimum Gasteiger partial charge on any atom is -0.396 e. The molecule has 0 radical (unpaired) electrons. The summed E-state index contributed by atoms with van der Waals surface area (Å²) in [6.45, 7) is 12.4. The molecule has 0 saturated carbocycles. The molecular formula is C21H37N3O2. The molecule has 0 aromatic heterocycles. The van der Waals surface area contributed by atoms with Crippen LogP contribution in [0.2, 0.25) is 0 Å². The average molecular weight is 364 g/mol. The third kappa shape index (κ3) is 9.20. The van der Waals surface area contributed by atoms with Gasteiger partial charge in [-0.15, -0.1) is 0 Å². The molecule has 1 aromatic rings. The Morgan fingerprint density at radius 2 is 1.88 bits per heavy atom. The molecule has 0 amide bonds. The molecule has 26 heavy (non-hydrogen) atoms. The first-order chi connectivity index (χ1) is 12.6. The largest absolute Gasteiger partial charge is 0.396 e. The summed E-state index contributed by atoms with van der Waals surface area (Å²) in [7, 11) is 0. The van der Waals surface area contributed by atoms with Crippen molar-refractivity contribution < 1.29 is 9.84 Å². The number of rotatable bonds is 12. The molecule has 1 atom stereocenters. The van der Waals surface area contributed by atoms with E-state index >= 15 is 0 Å². The van der Waals surface area contributed by atoms with Gasteiger partial charge in [-0.05, 0) is 49.7 Å². The number of hydrogen-bond donors (Lipinski definition) is 3. The molecule has 0 aliphatic carbocycles. The monoisotopic (exact) mass is 363 g/mol. The highest BCUT2D eigenvalue weighted by Gasteiger charge is 2.11. The van der Waals surface area contributed by atoms with Crippen molar-refractivity contribution in [3.63, 3.8) is 0 Å². The molecule has 0 spiro atoms. The highest BCUT2D eigenvalue weighted by molar-refractivity contribution is 5.79. The van der Waals surface area contributed by atoms with Gasteiger partial charge in [0.05, 0.1) is 13.2 Å². The van der Waals surface area contributed by atoms with Gasteiger partial charge in [-0.3, -0.25) is 0 Å². The third-order valence-corrected chi connectivity index (χ3v) is 4.23. The summed E-state index contributed by atoms with van der Waals surface area (Å²) in [4.78, 5) is 4.74. The van der Waals surface area contributed by atoms with Gasteiger partial charge in [0.1, 0.15) is 0 Å². The van der Waals surface area contributed by atoms with Crippen LogP contribution in [0.25, 0.3) is 0 Å². The molecule has 148 valence electrons. The van der Waals surface area contributed by atoms with Crippen molar-refractivity contribution in [1.82, 2.24) is 10.6 Å². The zero-order valence-corrected chi connectivity index (χ0v) is 16.9. The Balaban J connectivity index is 2.70. The Kier molecular flexibility index (Phi) is 11.7. The van der Waals surface area contributed by atoms with E-state index in [-0.39, 0.29) is 6.61 Å². The van der Waals surface area contributed by atoms with Crippen LogP contribution in [-0.2, 0) is 17.9 Å². The van der Waals surface area contributed by atoms with Crippen LogP contribution in [0.15, 0.2) is 29.3 Å². The fourth-order valence-electron chi connectivity index (χ4n) is 2.96. The first-order valence-electron chi connectivity index (χ1n) is 9.88. The van der Waals surface area contributed by atoms with Gasteiger partial charge in [-0.1, -0.05) is 38.1 Å². The first kappa shape index (κ1) is 22.5. The molecule has 0 aliphatic rings. The van der Waals surface area contributed by atoms with E-state index in [0.717, 1.165) is 31.9 Å². The van der Waals surface area contributed by atoms with Crippen LogP contribution in [0, 0.1) is 11.8 Å². The van der Waals surface area contributed by atoms with Gasteiger partial charge in [-0.25, -0.2) is 4.99 Å². The maximum atomic E-state index is 9.29. The Morgan fingerprint density at radius 3 is 2.50 bits per heavy atom.